The maximum atomic E-state index is 7.45. The highest BCUT2D eigenvalue weighted by Gasteiger charge is 2.27. The molecule has 0 amide bonds. The van der Waals surface area contributed by atoms with Crippen molar-refractivity contribution in [2.45, 2.75) is 38.3 Å². The van der Waals surface area contributed by atoms with E-state index in [-0.39, 0.29) is 12.1 Å². The second-order valence-corrected chi connectivity index (χ2v) is 8.32. The van der Waals surface area contributed by atoms with Crippen LogP contribution in [0, 0.1) is 6.57 Å². The molecular formula is C25H21N5O2. The van der Waals surface area contributed by atoms with Gasteiger partial charge < -0.3 is 13.7 Å². The lowest BCUT2D eigenvalue weighted by atomic mass is 10.0. The van der Waals surface area contributed by atoms with Gasteiger partial charge in [-0.25, -0.2) is 14.8 Å². The highest BCUT2D eigenvalue weighted by atomic mass is 16.5. The number of hydrogen-bond acceptors (Lipinski definition) is 5. The first-order valence-electron chi connectivity index (χ1n) is 10.8. The molecule has 3 aromatic heterocycles. The van der Waals surface area contributed by atoms with E-state index in [1.807, 2.05) is 48.7 Å². The van der Waals surface area contributed by atoms with Crippen LogP contribution in [0.5, 0.6) is 0 Å². The molecule has 0 saturated carbocycles. The summed E-state index contributed by atoms with van der Waals surface area (Å²) in [5.74, 6) is 1.54. The van der Waals surface area contributed by atoms with Crippen molar-refractivity contribution in [2.75, 3.05) is 6.61 Å². The largest absolute Gasteiger partial charge is 0.440 e. The van der Waals surface area contributed by atoms with Gasteiger partial charge in [-0.15, -0.1) is 0 Å². The van der Waals surface area contributed by atoms with Crippen LogP contribution in [-0.4, -0.2) is 32.2 Å². The summed E-state index contributed by atoms with van der Waals surface area (Å²) in [5, 5.41) is 0.950. The lowest BCUT2D eigenvalue weighted by Gasteiger charge is -2.30. The van der Waals surface area contributed by atoms with E-state index in [0.717, 1.165) is 51.7 Å². The molecule has 0 radical (unpaired) electrons. The van der Waals surface area contributed by atoms with Gasteiger partial charge in [-0.1, -0.05) is 18.2 Å². The predicted octanol–water partition coefficient (Wildman–Crippen LogP) is 5.61. The molecule has 0 aliphatic carbocycles. The zero-order chi connectivity index (χ0) is 21.7. The molecule has 7 nitrogen and oxygen atoms in total. The van der Waals surface area contributed by atoms with Gasteiger partial charge in [0.1, 0.15) is 16.9 Å². The standard InChI is InChI=1S/C25H21N5O2/c1-15-11-17(9-10-31-15)30-23(13-24-29-20-5-3-4-6-22(20)32-24)28-21-14-27-19-8-7-16(26-2)12-18(19)25(21)30/h3-8,12,14-15,17H,9-11,13H2,1H3/t15-,17-/m1/s1. The topological polar surface area (TPSA) is 70.3 Å². The summed E-state index contributed by atoms with van der Waals surface area (Å²) in [5.41, 5.74) is 4.92. The minimum Gasteiger partial charge on any atom is -0.440 e. The van der Waals surface area contributed by atoms with Gasteiger partial charge in [-0.05, 0) is 44.0 Å². The van der Waals surface area contributed by atoms with Crippen LogP contribution in [-0.2, 0) is 11.2 Å². The number of ether oxygens (including phenoxy) is 1. The van der Waals surface area contributed by atoms with E-state index in [9.17, 15) is 0 Å². The van der Waals surface area contributed by atoms with E-state index in [1.54, 1.807) is 0 Å². The molecule has 32 heavy (non-hydrogen) atoms. The number of nitrogens with zero attached hydrogens (tertiary/aromatic N) is 5. The van der Waals surface area contributed by atoms with E-state index < -0.39 is 0 Å². The molecule has 1 saturated heterocycles. The van der Waals surface area contributed by atoms with E-state index in [1.165, 1.54) is 0 Å². The molecule has 6 rings (SSSR count). The Balaban J connectivity index is 1.57. The second kappa shape index (κ2) is 7.43. The highest BCUT2D eigenvalue weighted by molar-refractivity contribution is 6.03. The Morgan fingerprint density at radius 1 is 1.12 bits per heavy atom. The number of oxazole rings is 1. The van der Waals surface area contributed by atoms with Crippen LogP contribution in [0.3, 0.4) is 0 Å². The molecule has 1 aliphatic rings. The fourth-order valence-corrected chi connectivity index (χ4v) is 4.74. The normalized spacial score (nSPS) is 19.0. The van der Waals surface area contributed by atoms with Crippen LogP contribution in [0.4, 0.5) is 5.69 Å². The number of benzene rings is 2. The quantitative estimate of drug-likeness (QED) is 0.353. The Morgan fingerprint density at radius 2 is 2.03 bits per heavy atom. The Hall–Kier alpha value is -3.76. The van der Waals surface area contributed by atoms with Gasteiger partial charge in [0, 0.05) is 18.0 Å². The molecule has 0 spiro atoms. The summed E-state index contributed by atoms with van der Waals surface area (Å²) >= 11 is 0. The summed E-state index contributed by atoms with van der Waals surface area (Å²) in [6, 6.07) is 13.7. The molecule has 7 heteroatoms. The van der Waals surface area contributed by atoms with Crippen molar-refractivity contribution >= 4 is 38.7 Å². The Labute approximate surface area is 184 Å². The minimum atomic E-state index is 0.176. The van der Waals surface area contributed by atoms with Gasteiger partial charge in [-0.2, -0.15) is 0 Å². The van der Waals surface area contributed by atoms with Gasteiger partial charge >= 0.3 is 0 Å². The van der Waals surface area contributed by atoms with Crippen LogP contribution >= 0.6 is 0 Å². The van der Waals surface area contributed by atoms with Crippen molar-refractivity contribution < 1.29 is 9.15 Å². The molecule has 1 fully saturated rings. The first kappa shape index (κ1) is 19.0. The van der Waals surface area contributed by atoms with Crippen molar-refractivity contribution in [3.63, 3.8) is 0 Å². The third-order valence-corrected chi connectivity index (χ3v) is 6.17. The number of aromatic nitrogens is 4. The summed E-state index contributed by atoms with van der Waals surface area (Å²) in [7, 11) is 0. The van der Waals surface area contributed by atoms with Gasteiger partial charge in [0.2, 0.25) is 5.89 Å². The first-order valence-corrected chi connectivity index (χ1v) is 10.8. The highest BCUT2D eigenvalue weighted by Crippen LogP contribution is 2.35. The number of fused-ring (bicyclic) bond motifs is 4. The zero-order valence-electron chi connectivity index (χ0n) is 17.7. The fraction of sp³-hybridized carbons (Fsp3) is 0.280. The van der Waals surface area contributed by atoms with Gasteiger partial charge in [0.15, 0.2) is 11.3 Å². The van der Waals surface area contributed by atoms with Crippen molar-refractivity contribution in [3.8, 4) is 0 Å². The molecule has 2 atom stereocenters. The summed E-state index contributed by atoms with van der Waals surface area (Å²) in [6.45, 7) is 10.3. The van der Waals surface area contributed by atoms with E-state index in [2.05, 4.69) is 26.3 Å². The molecular weight excluding hydrogens is 402 g/mol. The second-order valence-electron chi connectivity index (χ2n) is 8.32. The lowest BCUT2D eigenvalue weighted by molar-refractivity contribution is 0.00629. The predicted molar refractivity (Wildman–Crippen MR) is 122 cm³/mol. The van der Waals surface area contributed by atoms with Gasteiger partial charge in [0.05, 0.1) is 36.3 Å². The maximum Gasteiger partial charge on any atom is 0.203 e. The Bertz CT molecular complexity index is 1480. The van der Waals surface area contributed by atoms with Crippen LogP contribution in [0.1, 0.15) is 37.5 Å². The summed E-state index contributed by atoms with van der Waals surface area (Å²) < 4.78 is 14.2. The van der Waals surface area contributed by atoms with Crippen molar-refractivity contribution in [1.29, 1.82) is 0 Å². The third kappa shape index (κ3) is 3.12. The van der Waals surface area contributed by atoms with Gasteiger partial charge in [-0.3, -0.25) is 4.98 Å². The molecule has 0 bridgehead atoms. The molecule has 158 valence electrons. The number of rotatable bonds is 3. The summed E-state index contributed by atoms with van der Waals surface area (Å²) in [4.78, 5) is 17.9. The lowest BCUT2D eigenvalue weighted by Crippen LogP contribution is -2.26. The number of imidazole rings is 1. The Morgan fingerprint density at radius 3 is 2.88 bits per heavy atom. The third-order valence-electron chi connectivity index (χ3n) is 6.17. The van der Waals surface area contributed by atoms with Crippen LogP contribution < -0.4 is 0 Å². The number of para-hydroxylation sites is 2. The minimum absolute atomic E-state index is 0.176. The van der Waals surface area contributed by atoms with E-state index >= 15 is 0 Å². The molecule has 5 aromatic rings. The smallest absolute Gasteiger partial charge is 0.203 e. The summed E-state index contributed by atoms with van der Waals surface area (Å²) in [6.07, 6.45) is 4.29. The fourth-order valence-electron chi connectivity index (χ4n) is 4.74. The van der Waals surface area contributed by atoms with Gasteiger partial charge in [0.25, 0.3) is 0 Å². The SMILES string of the molecule is [C-]#[N+]c1ccc2ncc3nc(Cc4nc5ccccc5o4)n([C@@H]4CCO[C@H](C)C4)c3c2c1. The average Bonchev–Trinajstić information content (AvgIpc) is 3.39. The molecule has 0 N–H and O–H groups in total. The zero-order valence-corrected chi connectivity index (χ0v) is 17.7. The molecule has 1 aliphatic heterocycles. The van der Waals surface area contributed by atoms with E-state index in [4.69, 9.17) is 20.7 Å². The number of hydrogen-bond donors (Lipinski definition) is 0. The van der Waals surface area contributed by atoms with Crippen molar-refractivity contribution in [2.24, 2.45) is 0 Å². The van der Waals surface area contributed by atoms with Crippen LogP contribution in [0.2, 0.25) is 0 Å². The Kier molecular flexibility index (Phi) is 4.40. The van der Waals surface area contributed by atoms with Crippen molar-refractivity contribution in [3.05, 3.63) is 71.8 Å². The first-order chi connectivity index (χ1) is 15.7. The molecule has 2 aromatic carbocycles. The van der Waals surface area contributed by atoms with Crippen molar-refractivity contribution in [1.82, 2.24) is 19.5 Å². The average molecular weight is 423 g/mol. The molecule has 0 unspecified atom stereocenters. The molecule has 4 heterocycles. The number of pyridine rings is 1. The van der Waals surface area contributed by atoms with Crippen LogP contribution in [0.25, 0.3) is 37.9 Å². The van der Waals surface area contributed by atoms with E-state index in [0.29, 0.717) is 24.6 Å². The van der Waals surface area contributed by atoms with Crippen LogP contribution in [0.15, 0.2) is 53.1 Å². The monoisotopic (exact) mass is 423 g/mol. The maximum absolute atomic E-state index is 7.45.